The van der Waals surface area contributed by atoms with Crippen molar-refractivity contribution in [3.05, 3.63) is 44.9 Å². The Bertz CT molecular complexity index is 582. The smallest absolute Gasteiger partial charge is 0.248 e. The molecular formula is C12H12ClN3OS. The maximum atomic E-state index is 11.1. The molecule has 0 saturated heterocycles. The van der Waals surface area contributed by atoms with Crippen LogP contribution in [0.5, 0.6) is 0 Å². The lowest BCUT2D eigenvalue weighted by atomic mass is 10.2. The molecule has 6 heteroatoms. The van der Waals surface area contributed by atoms with Gasteiger partial charge in [0.05, 0.1) is 22.3 Å². The van der Waals surface area contributed by atoms with Crippen molar-refractivity contribution in [1.29, 1.82) is 0 Å². The first-order valence-corrected chi connectivity index (χ1v) is 6.50. The van der Waals surface area contributed by atoms with E-state index in [1.807, 2.05) is 13.1 Å². The van der Waals surface area contributed by atoms with Gasteiger partial charge in [-0.25, -0.2) is 4.98 Å². The van der Waals surface area contributed by atoms with Crippen molar-refractivity contribution >= 4 is 34.5 Å². The summed E-state index contributed by atoms with van der Waals surface area (Å²) < 4.78 is 0. The third kappa shape index (κ3) is 3.00. The van der Waals surface area contributed by atoms with Gasteiger partial charge in [0.15, 0.2) is 0 Å². The molecule has 4 nitrogen and oxygen atoms in total. The van der Waals surface area contributed by atoms with Crippen LogP contribution >= 0.6 is 22.9 Å². The highest BCUT2D eigenvalue weighted by Crippen LogP contribution is 2.24. The van der Waals surface area contributed by atoms with Crippen molar-refractivity contribution in [1.82, 2.24) is 4.98 Å². The van der Waals surface area contributed by atoms with Crippen LogP contribution in [0.3, 0.4) is 0 Å². The maximum absolute atomic E-state index is 11.1. The summed E-state index contributed by atoms with van der Waals surface area (Å²) in [6.45, 7) is 2.57. The number of thiazole rings is 1. The predicted molar refractivity (Wildman–Crippen MR) is 74.1 cm³/mol. The van der Waals surface area contributed by atoms with Crippen LogP contribution in [0, 0.1) is 6.92 Å². The lowest BCUT2D eigenvalue weighted by molar-refractivity contribution is 0.100. The molecule has 0 radical (unpaired) electrons. The van der Waals surface area contributed by atoms with Crippen LogP contribution in [-0.2, 0) is 6.54 Å². The van der Waals surface area contributed by atoms with Crippen LogP contribution in [0.15, 0.2) is 24.4 Å². The molecule has 0 aliphatic rings. The van der Waals surface area contributed by atoms with Crippen LogP contribution < -0.4 is 11.1 Å². The van der Waals surface area contributed by atoms with Gasteiger partial charge in [-0.05, 0) is 25.1 Å². The number of halogens is 1. The number of anilines is 1. The Morgan fingerprint density at radius 2 is 2.33 bits per heavy atom. The van der Waals surface area contributed by atoms with Crippen LogP contribution in [0.2, 0.25) is 5.02 Å². The number of rotatable bonds is 4. The number of aromatic nitrogens is 1. The normalized spacial score (nSPS) is 10.3. The van der Waals surface area contributed by atoms with Gasteiger partial charge in [-0.1, -0.05) is 11.6 Å². The number of amides is 1. The lowest BCUT2D eigenvalue weighted by Crippen LogP contribution is -2.11. The molecule has 94 valence electrons. The zero-order chi connectivity index (χ0) is 13.1. The fraction of sp³-hybridized carbons (Fsp3) is 0.167. The number of aryl methyl sites for hydroxylation is 1. The molecule has 0 spiro atoms. The van der Waals surface area contributed by atoms with E-state index in [0.717, 1.165) is 9.88 Å². The number of nitrogens with one attached hydrogen (secondary N) is 1. The number of carbonyl (C=O) groups is 1. The fourth-order valence-corrected chi connectivity index (χ4v) is 2.40. The van der Waals surface area contributed by atoms with Crippen LogP contribution in [-0.4, -0.2) is 10.9 Å². The van der Waals surface area contributed by atoms with E-state index in [4.69, 9.17) is 17.3 Å². The van der Waals surface area contributed by atoms with E-state index in [9.17, 15) is 4.79 Å². The van der Waals surface area contributed by atoms with E-state index >= 15 is 0 Å². The number of hydrogen-bond acceptors (Lipinski definition) is 4. The molecule has 0 unspecified atom stereocenters. The quantitative estimate of drug-likeness (QED) is 0.905. The largest absolute Gasteiger partial charge is 0.379 e. The molecule has 0 saturated carbocycles. The molecule has 0 atom stereocenters. The number of benzene rings is 1. The third-order valence-electron chi connectivity index (χ3n) is 2.37. The van der Waals surface area contributed by atoms with Crippen molar-refractivity contribution in [3.8, 4) is 0 Å². The average molecular weight is 282 g/mol. The Balaban J connectivity index is 2.13. The number of nitrogens with two attached hydrogens (primary N) is 1. The SMILES string of the molecule is Cc1ncc(CNc2cc(C(N)=O)ccc2Cl)s1. The van der Waals surface area contributed by atoms with Crippen molar-refractivity contribution in [2.75, 3.05) is 5.32 Å². The number of primary amides is 1. The Kier molecular flexibility index (Phi) is 3.84. The molecule has 0 aliphatic carbocycles. The zero-order valence-electron chi connectivity index (χ0n) is 9.74. The summed E-state index contributed by atoms with van der Waals surface area (Å²) in [4.78, 5) is 16.4. The highest BCUT2D eigenvalue weighted by atomic mass is 35.5. The molecule has 1 aromatic carbocycles. The Labute approximate surface area is 114 Å². The predicted octanol–water partition coefficient (Wildman–Crippen LogP) is 2.82. The molecule has 2 rings (SSSR count). The molecular weight excluding hydrogens is 270 g/mol. The number of hydrogen-bond donors (Lipinski definition) is 2. The van der Waals surface area contributed by atoms with E-state index in [-0.39, 0.29) is 0 Å². The van der Waals surface area contributed by atoms with Gasteiger partial charge in [-0.2, -0.15) is 0 Å². The second kappa shape index (κ2) is 5.37. The van der Waals surface area contributed by atoms with Gasteiger partial charge in [-0.15, -0.1) is 11.3 Å². The van der Waals surface area contributed by atoms with E-state index < -0.39 is 5.91 Å². The maximum Gasteiger partial charge on any atom is 0.248 e. The summed E-state index contributed by atoms with van der Waals surface area (Å²) in [6, 6.07) is 4.91. The summed E-state index contributed by atoms with van der Waals surface area (Å²) >= 11 is 7.66. The van der Waals surface area contributed by atoms with Crippen molar-refractivity contribution in [2.24, 2.45) is 5.73 Å². The second-order valence-electron chi connectivity index (χ2n) is 3.76. The highest BCUT2D eigenvalue weighted by molar-refractivity contribution is 7.11. The molecule has 0 aliphatic heterocycles. The van der Waals surface area contributed by atoms with E-state index in [0.29, 0.717) is 22.8 Å². The van der Waals surface area contributed by atoms with Gasteiger partial charge in [0.25, 0.3) is 0 Å². The lowest BCUT2D eigenvalue weighted by Gasteiger charge is -2.08. The Morgan fingerprint density at radius 3 is 2.94 bits per heavy atom. The molecule has 0 bridgehead atoms. The molecule has 1 heterocycles. The van der Waals surface area contributed by atoms with Crippen LogP contribution in [0.25, 0.3) is 0 Å². The molecule has 3 N–H and O–H groups in total. The van der Waals surface area contributed by atoms with E-state index in [1.165, 1.54) is 0 Å². The number of carbonyl (C=O) groups excluding carboxylic acids is 1. The van der Waals surface area contributed by atoms with Crippen LogP contribution in [0.1, 0.15) is 20.2 Å². The molecule has 1 aromatic heterocycles. The second-order valence-corrected chi connectivity index (χ2v) is 5.48. The van der Waals surface area contributed by atoms with Gasteiger partial charge >= 0.3 is 0 Å². The Hall–Kier alpha value is -1.59. The average Bonchev–Trinajstić information content (AvgIpc) is 2.74. The van der Waals surface area contributed by atoms with Crippen LogP contribution in [0.4, 0.5) is 5.69 Å². The molecule has 1 amide bonds. The zero-order valence-corrected chi connectivity index (χ0v) is 11.3. The summed E-state index contributed by atoms with van der Waals surface area (Å²) in [5.74, 6) is -0.469. The van der Waals surface area contributed by atoms with Crippen molar-refractivity contribution < 1.29 is 4.79 Å². The first-order valence-electron chi connectivity index (χ1n) is 5.31. The highest BCUT2D eigenvalue weighted by Gasteiger charge is 2.06. The molecule has 0 fully saturated rings. The summed E-state index contributed by atoms with van der Waals surface area (Å²) in [5.41, 5.74) is 6.35. The number of nitrogens with zero attached hydrogens (tertiary/aromatic N) is 1. The fourth-order valence-electron chi connectivity index (χ4n) is 1.48. The standard InChI is InChI=1S/C12H12ClN3OS/c1-7-15-5-9(18-7)6-16-11-4-8(12(14)17)2-3-10(11)13/h2-5,16H,6H2,1H3,(H2,14,17). The van der Waals surface area contributed by atoms with Gasteiger partial charge in [0.2, 0.25) is 5.91 Å². The summed E-state index contributed by atoms with van der Waals surface area (Å²) in [6.07, 6.45) is 1.82. The van der Waals surface area contributed by atoms with E-state index in [1.54, 1.807) is 29.5 Å². The van der Waals surface area contributed by atoms with Gasteiger partial charge in [0.1, 0.15) is 0 Å². The summed E-state index contributed by atoms with van der Waals surface area (Å²) in [7, 11) is 0. The minimum Gasteiger partial charge on any atom is -0.379 e. The first kappa shape index (κ1) is 12.9. The van der Waals surface area contributed by atoms with Crippen molar-refractivity contribution in [3.63, 3.8) is 0 Å². The van der Waals surface area contributed by atoms with Gasteiger partial charge < -0.3 is 11.1 Å². The third-order valence-corrected chi connectivity index (χ3v) is 3.62. The monoisotopic (exact) mass is 281 g/mol. The minimum absolute atomic E-state index is 0.433. The Morgan fingerprint density at radius 1 is 1.56 bits per heavy atom. The summed E-state index contributed by atoms with van der Waals surface area (Å²) in [5, 5.41) is 4.74. The minimum atomic E-state index is -0.469. The van der Waals surface area contributed by atoms with Crippen molar-refractivity contribution in [2.45, 2.75) is 13.5 Å². The molecule has 2 aromatic rings. The van der Waals surface area contributed by atoms with Gasteiger partial charge in [-0.3, -0.25) is 4.79 Å². The molecule has 18 heavy (non-hydrogen) atoms. The van der Waals surface area contributed by atoms with Gasteiger partial charge in [0, 0.05) is 16.6 Å². The topological polar surface area (TPSA) is 68.0 Å². The first-order chi connectivity index (χ1) is 8.56. The van der Waals surface area contributed by atoms with E-state index in [2.05, 4.69) is 10.3 Å².